The highest BCUT2D eigenvalue weighted by molar-refractivity contribution is 6.83. The molecule has 0 amide bonds. The Morgan fingerprint density at radius 2 is 1.75 bits per heavy atom. The van der Waals surface area contributed by atoms with Crippen molar-refractivity contribution >= 4 is 14.0 Å². The second kappa shape index (κ2) is 5.00. The monoisotopic (exact) mass is 232 g/mol. The van der Waals surface area contributed by atoms with Gasteiger partial charge in [0.05, 0.1) is 0 Å². The molecule has 0 atom stereocenters. The second-order valence-electron chi connectivity index (χ2n) is 4.62. The number of ether oxygens (including phenoxy) is 1. The average Bonchev–Trinajstić information content (AvgIpc) is 2.14. The van der Waals surface area contributed by atoms with E-state index in [2.05, 4.69) is 31.1 Å². The van der Waals surface area contributed by atoms with Crippen molar-refractivity contribution in [1.29, 1.82) is 0 Å². The van der Waals surface area contributed by atoms with Gasteiger partial charge in [0.1, 0.15) is 13.8 Å². The zero-order valence-electron chi connectivity index (χ0n) is 10.1. The molecule has 1 aromatic carbocycles. The molecular weight excluding hydrogens is 216 g/mol. The maximum atomic E-state index is 10.7. The summed E-state index contributed by atoms with van der Waals surface area (Å²) in [5.41, 5.74) is 4.24. The summed E-state index contributed by atoms with van der Waals surface area (Å²) in [4.78, 5) is 10.7. The van der Waals surface area contributed by atoms with Crippen LogP contribution >= 0.6 is 0 Å². The van der Waals surface area contributed by atoms with Gasteiger partial charge in [-0.2, -0.15) is 0 Å². The summed E-state index contributed by atoms with van der Waals surface area (Å²) in [5.74, 6) is 3.39. The molecule has 2 nitrogen and oxygen atoms in total. The number of carbonyl (C=O) groups is 1. The number of benzene rings is 1. The molecule has 0 N–H and O–H groups in total. The molecule has 0 unspecified atom stereocenters. The molecule has 0 fully saturated rings. The minimum atomic E-state index is -1.33. The molecule has 0 radical (unpaired) electrons. The third kappa shape index (κ3) is 4.81. The fourth-order valence-electron chi connectivity index (χ4n) is 1.03. The van der Waals surface area contributed by atoms with E-state index in [9.17, 15) is 4.79 Å². The lowest BCUT2D eigenvalue weighted by Crippen LogP contribution is -2.16. The van der Waals surface area contributed by atoms with Crippen molar-refractivity contribution in [2.24, 2.45) is 0 Å². The van der Waals surface area contributed by atoms with Crippen LogP contribution in [-0.2, 0) is 4.79 Å². The maximum absolute atomic E-state index is 10.7. The first-order valence-corrected chi connectivity index (χ1v) is 8.68. The molecule has 0 spiro atoms. The fraction of sp³-hybridized carbons (Fsp3) is 0.308. The predicted octanol–water partition coefficient (Wildman–Crippen LogP) is 2.84. The first-order chi connectivity index (χ1) is 7.37. The lowest BCUT2D eigenvalue weighted by molar-refractivity contribution is -0.131. The molecule has 0 aliphatic rings. The Morgan fingerprint density at radius 1 is 1.19 bits per heavy atom. The molecule has 0 aromatic heterocycles. The Kier molecular flexibility index (Phi) is 3.91. The molecule has 0 aliphatic carbocycles. The largest absolute Gasteiger partial charge is 0.427 e. The summed E-state index contributed by atoms with van der Waals surface area (Å²) in [5, 5.41) is 0. The van der Waals surface area contributed by atoms with Gasteiger partial charge in [-0.1, -0.05) is 25.6 Å². The first kappa shape index (κ1) is 12.5. The van der Waals surface area contributed by atoms with Crippen molar-refractivity contribution in [2.45, 2.75) is 26.6 Å². The van der Waals surface area contributed by atoms with Gasteiger partial charge in [-0.15, -0.1) is 5.54 Å². The van der Waals surface area contributed by atoms with E-state index in [0.29, 0.717) is 5.75 Å². The molecule has 16 heavy (non-hydrogen) atoms. The normalized spacial score (nSPS) is 10.2. The van der Waals surface area contributed by atoms with Gasteiger partial charge in [-0.25, -0.2) is 0 Å². The molecule has 3 heteroatoms. The van der Waals surface area contributed by atoms with Gasteiger partial charge in [0, 0.05) is 12.5 Å². The Bertz CT molecular complexity index is 430. The van der Waals surface area contributed by atoms with E-state index >= 15 is 0 Å². The van der Waals surface area contributed by atoms with Crippen molar-refractivity contribution in [2.75, 3.05) is 0 Å². The van der Waals surface area contributed by atoms with Gasteiger partial charge in [0.15, 0.2) is 0 Å². The molecule has 1 rings (SSSR count). The van der Waals surface area contributed by atoms with E-state index in [4.69, 9.17) is 4.74 Å². The highest BCUT2D eigenvalue weighted by Crippen LogP contribution is 2.11. The Morgan fingerprint density at radius 3 is 2.19 bits per heavy atom. The van der Waals surface area contributed by atoms with Crippen LogP contribution in [0.5, 0.6) is 5.75 Å². The predicted molar refractivity (Wildman–Crippen MR) is 68.0 cm³/mol. The summed E-state index contributed by atoms with van der Waals surface area (Å²) >= 11 is 0. The van der Waals surface area contributed by atoms with E-state index in [0.717, 1.165) is 5.56 Å². The summed E-state index contributed by atoms with van der Waals surface area (Å²) in [6.45, 7) is 7.99. The Hall–Kier alpha value is -1.53. The molecule has 0 saturated heterocycles. The Labute approximate surface area is 97.6 Å². The number of hydrogen-bond donors (Lipinski definition) is 0. The van der Waals surface area contributed by atoms with Gasteiger partial charge in [-0.05, 0) is 24.3 Å². The number of rotatable bonds is 1. The van der Waals surface area contributed by atoms with Crippen molar-refractivity contribution in [3.05, 3.63) is 29.8 Å². The van der Waals surface area contributed by atoms with E-state index < -0.39 is 8.07 Å². The first-order valence-electron chi connectivity index (χ1n) is 5.18. The molecule has 84 valence electrons. The van der Waals surface area contributed by atoms with Crippen LogP contribution in [0.1, 0.15) is 12.5 Å². The van der Waals surface area contributed by atoms with Crippen LogP contribution in [0, 0.1) is 11.5 Å². The topological polar surface area (TPSA) is 26.3 Å². The Balaban J connectivity index is 2.78. The van der Waals surface area contributed by atoms with Crippen LogP contribution in [0.2, 0.25) is 19.6 Å². The molecule has 0 saturated carbocycles. The van der Waals surface area contributed by atoms with E-state index in [-0.39, 0.29) is 5.97 Å². The third-order valence-electron chi connectivity index (χ3n) is 1.70. The SMILES string of the molecule is CC(=O)Oc1ccc(C#C[Si](C)(C)C)cc1. The standard InChI is InChI=1S/C13H16O2Si/c1-11(14)15-13-7-5-12(6-8-13)9-10-16(2,3)4/h5-8H,1-4H3. The van der Waals surface area contributed by atoms with Crippen LogP contribution in [0.4, 0.5) is 0 Å². The van der Waals surface area contributed by atoms with Gasteiger partial charge >= 0.3 is 5.97 Å². The minimum Gasteiger partial charge on any atom is -0.427 e. The van der Waals surface area contributed by atoms with Crippen LogP contribution in [0.25, 0.3) is 0 Å². The lowest BCUT2D eigenvalue weighted by atomic mass is 10.2. The average molecular weight is 232 g/mol. The number of hydrogen-bond acceptors (Lipinski definition) is 2. The molecule has 0 bridgehead atoms. The van der Waals surface area contributed by atoms with E-state index in [1.54, 1.807) is 12.1 Å². The molecule has 0 aliphatic heterocycles. The minimum absolute atomic E-state index is 0.305. The highest BCUT2D eigenvalue weighted by Gasteiger charge is 2.07. The third-order valence-corrected chi connectivity index (χ3v) is 2.57. The number of carbonyl (C=O) groups excluding carboxylic acids is 1. The fourth-order valence-corrected chi connectivity index (χ4v) is 1.55. The van der Waals surface area contributed by atoms with Crippen LogP contribution in [-0.4, -0.2) is 14.0 Å². The van der Waals surface area contributed by atoms with Gasteiger partial charge in [-0.3, -0.25) is 4.79 Å². The molecule has 1 aromatic rings. The van der Waals surface area contributed by atoms with Gasteiger partial charge in [0.2, 0.25) is 0 Å². The zero-order chi connectivity index (χ0) is 12.2. The van der Waals surface area contributed by atoms with Gasteiger partial charge < -0.3 is 4.74 Å². The maximum Gasteiger partial charge on any atom is 0.308 e. The van der Waals surface area contributed by atoms with Crippen LogP contribution in [0.3, 0.4) is 0 Å². The molecule has 0 heterocycles. The lowest BCUT2D eigenvalue weighted by Gasteiger charge is -2.03. The summed E-state index contributed by atoms with van der Waals surface area (Å²) in [7, 11) is -1.33. The van der Waals surface area contributed by atoms with Crippen molar-refractivity contribution < 1.29 is 9.53 Å². The van der Waals surface area contributed by atoms with E-state index in [1.807, 2.05) is 12.1 Å². The summed E-state index contributed by atoms with van der Waals surface area (Å²) in [6.07, 6.45) is 0. The van der Waals surface area contributed by atoms with E-state index in [1.165, 1.54) is 6.92 Å². The zero-order valence-corrected chi connectivity index (χ0v) is 11.1. The van der Waals surface area contributed by atoms with Gasteiger partial charge in [0.25, 0.3) is 0 Å². The van der Waals surface area contributed by atoms with Crippen molar-refractivity contribution in [3.8, 4) is 17.2 Å². The smallest absolute Gasteiger partial charge is 0.308 e. The summed E-state index contributed by atoms with van der Waals surface area (Å²) in [6, 6.07) is 7.25. The van der Waals surface area contributed by atoms with Crippen LogP contribution in [0.15, 0.2) is 24.3 Å². The molecular formula is C13H16O2Si. The quantitative estimate of drug-likeness (QED) is 0.322. The van der Waals surface area contributed by atoms with Crippen molar-refractivity contribution in [3.63, 3.8) is 0 Å². The van der Waals surface area contributed by atoms with Crippen molar-refractivity contribution in [1.82, 2.24) is 0 Å². The van der Waals surface area contributed by atoms with Crippen LogP contribution < -0.4 is 4.74 Å². The highest BCUT2D eigenvalue weighted by atomic mass is 28.3. The summed E-state index contributed by atoms with van der Waals surface area (Å²) < 4.78 is 4.94. The number of esters is 1. The second-order valence-corrected chi connectivity index (χ2v) is 9.37.